The molecule has 152 valence electrons. The van der Waals surface area contributed by atoms with Crippen LogP contribution >= 0.6 is 0 Å². The van der Waals surface area contributed by atoms with E-state index in [0.29, 0.717) is 36.1 Å². The van der Waals surface area contributed by atoms with Crippen molar-refractivity contribution in [1.82, 2.24) is 0 Å². The molecule has 2 aromatic rings. The maximum absolute atomic E-state index is 12.7. The highest BCUT2D eigenvalue weighted by Gasteiger charge is 2.29. The molecule has 1 N–H and O–H groups in total. The van der Waals surface area contributed by atoms with E-state index in [1.165, 1.54) is 0 Å². The highest BCUT2D eigenvalue weighted by atomic mass is 32.2. The number of rotatable bonds is 9. The molecule has 0 unspecified atom stereocenters. The van der Waals surface area contributed by atoms with Crippen molar-refractivity contribution in [3.63, 3.8) is 0 Å². The van der Waals surface area contributed by atoms with Crippen molar-refractivity contribution < 1.29 is 22.7 Å². The quantitative estimate of drug-likeness (QED) is 0.691. The summed E-state index contributed by atoms with van der Waals surface area (Å²) in [5.74, 6) is 0.803. The Labute approximate surface area is 166 Å². The number of ether oxygens (including phenoxy) is 2. The van der Waals surface area contributed by atoms with E-state index in [2.05, 4.69) is 5.32 Å². The molecule has 0 saturated heterocycles. The van der Waals surface area contributed by atoms with Crippen LogP contribution in [0, 0.1) is 0 Å². The third kappa shape index (κ3) is 5.63. The van der Waals surface area contributed by atoms with E-state index in [0.717, 1.165) is 10.6 Å². The number of nitrogens with one attached hydrogen (secondary N) is 1. The first-order chi connectivity index (χ1) is 13.3. The van der Waals surface area contributed by atoms with Gasteiger partial charge in [-0.3, -0.25) is 9.10 Å². The van der Waals surface area contributed by atoms with Crippen LogP contribution in [0.5, 0.6) is 11.5 Å². The molecule has 0 aromatic heterocycles. The Morgan fingerprint density at radius 2 is 1.64 bits per heavy atom. The van der Waals surface area contributed by atoms with Gasteiger partial charge in [0.05, 0.1) is 25.2 Å². The molecule has 0 radical (unpaired) electrons. The minimum atomic E-state index is -3.69. The Balaban J connectivity index is 2.24. The second kappa shape index (κ2) is 9.45. The van der Waals surface area contributed by atoms with Gasteiger partial charge in [0.25, 0.3) is 0 Å². The van der Waals surface area contributed by atoms with Gasteiger partial charge in [-0.25, -0.2) is 8.42 Å². The second-order valence-corrected chi connectivity index (χ2v) is 7.97. The molecule has 0 aliphatic rings. The zero-order valence-corrected chi connectivity index (χ0v) is 17.3. The molecule has 0 spiro atoms. The van der Waals surface area contributed by atoms with Crippen LogP contribution < -0.4 is 19.1 Å². The van der Waals surface area contributed by atoms with Crippen molar-refractivity contribution in [2.45, 2.75) is 26.8 Å². The molecule has 0 heterocycles. The Kier molecular flexibility index (Phi) is 7.28. The molecule has 0 bridgehead atoms. The maximum Gasteiger partial charge on any atom is 0.247 e. The third-order valence-corrected chi connectivity index (χ3v) is 5.14. The van der Waals surface area contributed by atoms with Crippen LogP contribution in [0.2, 0.25) is 0 Å². The summed E-state index contributed by atoms with van der Waals surface area (Å²) in [7, 11) is -3.69. The molecule has 0 fully saturated rings. The Hall–Kier alpha value is -2.74. The van der Waals surface area contributed by atoms with Gasteiger partial charge in [0.2, 0.25) is 15.9 Å². The van der Waals surface area contributed by atoms with Gasteiger partial charge in [0.1, 0.15) is 17.5 Å². The zero-order chi connectivity index (χ0) is 20.7. The van der Waals surface area contributed by atoms with Crippen LogP contribution in [0.15, 0.2) is 48.5 Å². The Morgan fingerprint density at radius 1 is 1.04 bits per heavy atom. The molecule has 8 heteroatoms. The van der Waals surface area contributed by atoms with Gasteiger partial charge in [-0.05, 0) is 57.2 Å². The molecule has 28 heavy (non-hydrogen) atoms. The minimum absolute atomic E-state index is 0.386. The van der Waals surface area contributed by atoms with Gasteiger partial charge in [0, 0.05) is 11.8 Å². The number of nitrogens with zero attached hydrogens (tertiary/aromatic N) is 1. The lowest BCUT2D eigenvalue weighted by Gasteiger charge is -2.28. The van der Waals surface area contributed by atoms with E-state index in [-0.39, 0.29) is 0 Å². The first-order valence-corrected chi connectivity index (χ1v) is 10.9. The van der Waals surface area contributed by atoms with Crippen LogP contribution in [0.25, 0.3) is 0 Å². The minimum Gasteiger partial charge on any atom is -0.494 e. The van der Waals surface area contributed by atoms with Crippen LogP contribution in [-0.4, -0.2) is 39.8 Å². The van der Waals surface area contributed by atoms with E-state index in [4.69, 9.17) is 9.47 Å². The average Bonchev–Trinajstić information content (AvgIpc) is 2.63. The fraction of sp³-hybridized carbons (Fsp3) is 0.350. The van der Waals surface area contributed by atoms with Crippen molar-refractivity contribution in [2.75, 3.05) is 29.1 Å². The van der Waals surface area contributed by atoms with Crippen molar-refractivity contribution in [3.8, 4) is 11.5 Å². The highest BCUT2D eigenvalue weighted by Crippen LogP contribution is 2.25. The fourth-order valence-corrected chi connectivity index (χ4v) is 3.92. The van der Waals surface area contributed by atoms with E-state index < -0.39 is 22.0 Å². The molecule has 0 aliphatic carbocycles. The molecule has 1 amide bonds. The molecule has 2 rings (SSSR count). The molecular weight excluding hydrogens is 380 g/mol. The first-order valence-electron chi connectivity index (χ1n) is 9.02. The number of carbonyl (C=O) groups is 1. The van der Waals surface area contributed by atoms with E-state index in [9.17, 15) is 13.2 Å². The van der Waals surface area contributed by atoms with Gasteiger partial charge in [-0.2, -0.15) is 0 Å². The monoisotopic (exact) mass is 406 g/mol. The van der Waals surface area contributed by atoms with Gasteiger partial charge in [-0.15, -0.1) is 0 Å². The fourth-order valence-electron chi connectivity index (χ4n) is 2.74. The zero-order valence-electron chi connectivity index (χ0n) is 16.5. The van der Waals surface area contributed by atoms with Crippen LogP contribution in [-0.2, 0) is 14.8 Å². The van der Waals surface area contributed by atoms with Crippen molar-refractivity contribution in [3.05, 3.63) is 48.5 Å². The summed E-state index contributed by atoms with van der Waals surface area (Å²) in [6.45, 7) is 6.29. The molecule has 2 aromatic carbocycles. The molecule has 0 saturated carbocycles. The number of sulfonamides is 1. The summed E-state index contributed by atoms with van der Waals surface area (Å²) in [6, 6.07) is 12.6. The number of hydrogen-bond donors (Lipinski definition) is 1. The van der Waals surface area contributed by atoms with Gasteiger partial charge in [0.15, 0.2) is 0 Å². The van der Waals surface area contributed by atoms with Crippen LogP contribution in [0.3, 0.4) is 0 Å². The largest absolute Gasteiger partial charge is 0.494 e. The third-order valence-electron chi connectivity index (χ3n) is 3.90. The highest BCUT2D eigenvalue weighted by molar-refractivity contribution is 7.92. The van der Waals surface area contributed by atoms with Crippen molar-refractivity contribution >= 4 is 27.3 Å². The van der Waals surface area contributed by atoms with Crippen molar-refractivity contribution in [1.29, 1.82) is 0 Å². The molecular formula is C20H26N2O5S. The predicted molar refractivity (Wildman–Crippen MR) is 111 cm³/mol. The van der Waals surface area contributed by atoms with Gasteiger partial charge >= 0.3 is 0 Å². The summed E-state index contributed by atoms with van der Waals surface area (Å²) < 4.78 is 36.6. The lowest BCUT2D eigenvalue weighted by molar-refractivity contribution is -0.116. The van der Waals surface area contributed by atoms with Crippen molar-refractivity contribution in [2.24, 2.45) is 0 Å². The Morgan fingerprint density at radius 3 is 2.21 bits per heavy atom. The summed E-state index contributed by atoms with van der Waals surface area (Å²) >= 11 is 0. The number of carbonyl (C=O) groups excluding carboxylic acids is 1. The van der Waals surface area contributed by atoms with Gasteiger partial charge < -0.3 is 14.8 Å². The second-order valence-electron chi connectivity index (χ2n) is 6.11. The topological polar surface area (TPSA) is 84.9 Å². The maximum atomic E-state index is 12.7. The Bertz CT molecular complexity index is 897. The SMILES string of the molecule is CCOc1ccc(N([C@@H](C)C(=O)Nc2cccc(OCC)c2)S(C)(=O)=O)cc1. The summed E-state index contributed by atoms with van der Waals surface area (Å²) in [5.41, 5.74) is 0.916. The standard InChI is InChI=1S/C20H26N2O5S/c1-5-26-18-12-10-17(11-13-18)22(28(4,24)25)15(3)20(23)21-16-8-7-9-19(14-16)27-6-2/h7-15H,5-6H2,1-4H3,(H,21,23)/t15-/m0/s1. The smallest absolute Gasteiger partial charge is 0.247 e. The van der Waals surface area contributed by atoms with Gasteiger partial charge in [-0.1, -0.05) is 6.07 Å². The van der Waals surface area contributed by atoms with E-state index >= 15 is 0 Å². The number of anilines is 2. The molecule has 7 nitrogen and oxygen atoms in total. The van der Waals surface area contributed by atoms with Crippen LogP contribution in [0.4, 0.5) is 11.4 Å². The van der Waals surface area contributed by atoms with Crippen LogP contribution in [0.1, 0.15) is 20.8 Å². The number of hydrogen-bond acceptors (Lipinski definition) is 5. The summed E-state index contributed by atoms with van der Waals surface area (Å²) in [4.78, 5) is 12.7. The lowest BCUT2D eigenvalue weighted by Crippen LogP contribution is -2.45. The summed E-state index contributed by atoms with van der Waals surface area (Å²) in [6.07, 6.45) is 1.07. The average molecular weight is 407 g/mol. The molecule has 0 aliphatic heterocycles. The molecule has 1 atom stereocenters. The normalized spacial score (nSPS) is 12.1. The number of benzene rings is 2. The summed E-state index contributed by atoms with van der Waals surface area (Å²) in [5, 5.41) is 2.74. The first kappa shape index (κ1) is 21.6. The van der Waals surface area contributed by atoms with E-state index in [1.54, 1.807) is 55.5 Å². The number of amides is 1. The predicted octanol–water partition coefficient (Wildman–Crippen LogP) is 3.28. The lowest BCUT2D eigenvalue weighted by atomic mass is 10.2. The van der Waals surface area contributed by atoms with E-state index in [1.807, 2.05) is 13.8 Å².